The lowest BCUT2D eigenvalue weighted by Crippen LogP contribution is -2.30. The molecule has 0 bridgehead atoms. The zero-order valence-electron chi connectivity index (χ0n) is 16.8. The van der Waals surface area contributed by atoms with E-state index in [4.69, 9.17) is 0 Å². The van der Waals surface area contributed by atoms with Gasteiger partial charge in [0.2, 0.25) is 0 Å². The summed E-state index contributed by atoms with van der Waals surface area (Å²) in [6, 6.07) is 3.54. The zero-order chi connectivity index (χ0) is 21.9. The van der Waals surface area contributed by atoms with Gasteiger partial charge in [-0.3, -0.25) is 5.32 Å². The molecule has 3 rings (SSSR count). The maximum absolute atomic E-state index is 14.2. The number of nitrogens with zero attached hydrogens (tertiary/aromatic N) is 3. The Hall–Kier alpha value is -2.79. The summed E-state index contributed by atoms with van der Waals surface area (Å²) in [5, 5.41) is 5.82. The minimum absolute atomic E-state index is 0.351. The minimum atomic E-state index is -3.64. The second kappa shape index (κ2) is 8.92. The third kappa shape index (κ3) is 5.03. The van der Waals surface area contributed by atoms with Crippen LogP contribution in [0, 0.1) is 12.7 Å². The molecule has 0 atom stereocenters. The molecule has 3 aromatic rings. The molecule has 0 aliphatic heterocycles. The lowest BCUT2D eigenvalue weighted by molar-refractivity contribution is 0.252. The minimum Gasteiger partial charge on any atom is -0.337 e. The fraction of sp³-hybridized carbons (Fsp3) is 0.316. The van der Waals surface area contributed by atoms with Crippen molar-refractivity contribution < 1.29 is 17.6 Å². The van der Waals surface area contributed by atoms with Gasteiger partial charge in [0.1, 0.15) is 10.7 Å². The molecule has 11 heteroatoms. The smallest absolute Gasteiger partial charge is 0.321 e. The third-order valence-electron chi connectivity index (χ3n) is 4.42. The van der Waals surface area contributed by atoms with E-state index < -0.39 is 21.7 Å². The molecule has 8 nitrogen and oxygen atoms in total. The van der Waals surface area contributed by atoms with Crippen LogP contribution in [0.2, 0.25) is 0 Å². The number of hydrogen-bond donors (Lipinski definition) is 2. The van der Waals surface area contributed by atoms with Crippen molar-refractivity contribution in [2.24, 2.45) is 0 Å². The van der Waals surface area contributed by atoms with Crippen LogP contribution in [-0.2, 0) is 22.8 Å². The SMILES string of the molecule is CCn1cncc1CCNC(=O)Nc1nc(C)c(-c2ccc(S(C)(=O)=O)c(F)c2)s1. The van der Waals surface area contributed by atoms with E-state index in [1.54, 1.807) is 19.4 Å². The first-order valence-electron chi connectivity index (χ1n) is 9.20. The molecule has 0 saturated carbocycles. The van der Waals surface area contributed by atoms with Crippen molar-refractivity contribution in [3.63, 3.8) is 0 Å². The Morgan fingerprint density at radius 3 is 2.77 bits per heavy atom. The van der Waals surface area contributed by atoms with E-state index in [2.05, 4.69) is 20.6 Å². The third-order valence-corrected chi connectivity index (χ3v) is 6.67. The number of thiazole rings is 1. The van der Waals surface area contributed by atoms with Crippen molar-refractivity contribution >= 4 is 32.3 Å². The number of amides is 2. The topological polar surface area (TPSA) is 106 Å². The van der Waals surface area contributed by atoms with Gasteiger partial charge in [-0.15, -0.1) is 0 Å². The molecule has 2 heterocycles. The van der Waals surface area contributed by atoms with Crippen molar-refractivity contribution in [1.29, 1.82) is 0 Å². The summed E-state index contributed by atoms with van der Waals surface area (Å²) in [6.07, 6.45) is 5.13. The fourth-order valence-electron chi connectivity index (χ4n) is 2.95. The van der Waals surface area contributed by atoms with Crippen LogP contribution >= 0.6 is 11.3 Å². The summed E-state index contributed by atoms with van der Waals surface area (Å²) in [4.78, 5) is 20.9. The van der Waals surface area contributed by atoms with Gasteiger partial charge in [-0.05, 0) is 31.5 Å². The average molecular weight is 452 g/mol. The predicted octanol–water partition coefficient (Wildman–Crippen LogP) is 3.24. The first kappa shape index (κ1) is 21.9. The van der Waals surface area contributed by atoms with E-state index in [0.717, 1.165) is 24.6 Å². The summed E-state index contributed by atoms with van der Waals surface area (Å²) in [5.41, 5.74) is 2.13. The number of aryl methyl sites for hydroxylation is 2. The molecular weight excluding hydrogens is 429 g/mol. The Kier molecular flexibility index (Phi) is 6.52. The van der Waals surface area contributed by atoms with E-state index in [1.165, 1.54) is 23.5 Å². The predicted molar refractivity (Wildman–Crippen MR) is 114 cm³/mol. The zero-order valence-corrected chi connectivity index (χ0v) is 18.4. The number of carbonyl (C=O) groups is 1. The molecule has 1 aromatic carbocycles. The van der Waals surface area contributed by atoms with Crippen LogP contribution in [0.1, 0.15) is 18.3 Å². The average Bonchev–Trinajstić information content (AvgIpc) is 3.26. The number of imidazole rings is 1. The molecule has 0 aliphatic rings. The largest absolute Gasteiger partial charge is 0.337 e. The molecule has 0 unspecified atom stereocenters. The summed E-state index contributed by atoms with van der Waals surface area (Å²) in [7, 11) is -3.64. The van der Waals surface area contributed by atoms with Crippen molar-refractivity contribution in [2.75, 3.05) is 18.1 Å². The van der Waals surface area contributed by atoms with Gasteiger partial charge in [0.25, 0.3) is 0 Å². The number of aromatic nitrogens is 3. The molecule has 2 aromatic heterocycles. The lowest BCUT2D eigenvalue weighted by atomic mass is 10.1. The molecule has 160 valence electrons. The number of urea groups is 1. The number of benzene rings is 1. The Balaban J connectivity index is 1.64. The van der Waals surface area contributed by atoms with E-state index >= 15 is 0 Å². The first-order valence-corrected chi connectivity index (χ1v) is 11.9. The van der Waals surface area contributed by atoms with E-state index in [0.29, 0.717) is 34.2 Å². The summed E-state index contributed by atoms with van der Waals surface area (Å²) < 4.78 is 39.4. The summed E-state index contributed by atoms with van der Waals surface area (Å²) in [6.45, 7) is 5.01. The van der Waals surface area contributed by atoms with Gasteiger partial charge in [-0.2, -0.15) is 0 Å². The molecular formula is C19H22FN5O3S2. The quantitative estimate of drug-likeness (QED) is 0.574. The molecule has 0 spiro atoms. The molecule has 0 aliphatic carbocycles. The number of hydrogen-bond acceptors (Lipinski definition) is 6. The van der Waals surface area contributed by atoms with Gasteiger partial charge >= 0.3 is 6.03 Å². The van der Waals surface area contributed by atoms with E-state index in [9.17, 15) is 17.6 Å². The molecule has 0 fully saturated rings. The Bertz CT molecular complexity index is 1170. The van der Waals surface area contributed by atoms with Crippen molar-refractivity contribution in [2.45, 2.75) is 31.7 Å². The van der Waals surface area contributed by atoms with Gasteiger partial charge in [-0.1, -0.05) is 17.4 Å². The van der Waals surface area contributed by atoms with Crippen LogP contribution in [0.5, 0.6) is 0 Å². The van der Waals surface area contributed by atoms with E-state index in [1.807, 2.05) is 11.5 Å². The highest BCUT2D eigenvalue weighted by molar-refractivity contribution is 7.90. The van der Waals surface area contributed by atoms with Crippen LogP contribution in [0.3, 0.4) is 0 Å². The van der Waals surface area contributed by atoms with Gasteiger partial charge in [-0.25, -0.2) is 27.6 Å². The second-order valence-corrected chi connectivity index (χ2v) is 9.64. The van der Waals surface area contributed by atoms with Crippen molar-refractivity contribution in [3.8, 4) is 10.4 Å². The molecule has 0 radical (unpaired) electrons. The van der Waals surface area contributed by atoms with Crippen molar-refractivity contribution in [3.05, 3.63) is 47.9 Å². The fourth-order valence-corrected chi connectivity index (χ4v) is 4.63. The summed E-state index contributed by atoms with van der Waals surface area (Å²) in [5.74, 6) is -0.818. The van der Waals surface area contributed by atoms with Crippen LogP contribution in [0.15, 0.2) is 35.6 Å². The Morgan fingerprint density at radius 1 is 1.33 bits per heavy atom. The highest BCUT2D eigenvalue weighted by atomic mass is 32.2. The number of anilines is 1. The molecule has 2 amide bonds. The normalized spacial score (nSPS) is 11.5. The number of carbonyl (C=O) groups excluding carboxylic acids is 1. The first-order chi connectivity index (χ1) is 14.2. The highest BCUT2D eigenvalue weighted by Gasteiger charge is 2.17. The van der Waals surface area contributed by atoms with Crippen molar-refractivity contribution in [1.82, 2.24) is 19.9 Å². The van der Waals surface area contributed by atoms with Gasteiger partial charge in [0, 0.05) is 37.7 Å². The number of rotatable bonds is 7. The lowest BCUT2D eigenvalue weighted by Gasteiger charge is -2.07. The molecule has 2 N–H and O–H groups in total. The Morgan fingerprint density at radius 2 is 2.10 bits per heavy atom. The standard InChI is InChI=1S/C19H22FN5O3S2/c1-4-25-11-21-10-14(25)7-8-22-18(26)24-19-23-12(2)17(29-19)13-5-6-16(15(20)9-13)30(3,27)28/h5-6,9-11H,4,7-8H2,1-3H3,(H2,22,23,24,26). The summed E-state index contributed by atoms with van der Waals surface area (Å²) >= 11 is 1.19. The number of nitrogens with one attached hydrogen (secondary N) is 2. The van der Waals surface area contributed by atoms with Gasteiger partial charge in [0.15, 0.2) is 15.0 Å². The molecule has 30 heavy (non-hydrogen) atoms. The van der Waals surface area contributed by atoms with E-state index in [-0.39, 0.29) is 4.90 Å². The van der Waals surface area contributed by atoms with Crippen LogP contribution in [0.4, 0.5) is 14.3 Å². The Labute approximate surface area is 178 Å². The maximum atomic E-state index is 14.2. The van der Waals surface area contributed by atoms with Crippen LogP contribution < -0.4 is 10.6 Å². The van der Waals surface area contributed by atoms with Crippen LogP contribution in [0.25, 0.3) is 10.4 Å². The van der Waals surface area contributed by atoms with Crippen LogP contribution in [-0.4, -0.2) is 41.8 Å². The highest BCUT2D eigenvalue weighted by Crippen LogP contribution is 2.34. The second-order valence-electron chi connectivity index (χ2n) is 6.65. The number of sulfone groups is 1. The van der Waals surface area contributed by atoms with Gasteiger partial charge < -0.3 is 9.88 Å². The number of halogens is 1. The maximum Gasteiger partial charge on any atom is 0.321 e. The monoisotopic (exact) mass is 451 g/mol. The molecule has 0 saturated heterocycles. The van der Waals surface area contributed by atoms with Gasteiger partial charge in [0.05, 0.1) is 16.9 Å².